The van der Waals surface area contributed by atoms with Gasteiger partial charge in [0.05, 0.1) is 12.1 Å². The van der Waals surface area contributed by atoms with Crippen LogP contribution in [0, 0.1) is 0 Å². The van der Waals surface area contributed by atoms with Crippen LogP contribution in [0.5, 0.6) is 5.75 Å². The number of ether oxygens (including phenoxy) is 1. The molecular weight excluding hydrogens is 246 g/mol. The molecule has 0 heterocycles. The Morgan fingerprint density at radius 1 is 1.43 bits per heavy atom. The average molecular weight is 254 g/mol. The minimum Gasteiger partial charge on any atom is -0.495 e. The molecule has 0 aromatic heterocycles. The zero-order chi connectivity index (χ0) is 10.7. The third kappa shape index (κ3) is 2.77. The summed E-state index contributed by atoms with van der Waals surface area (Å²) in [5.41, 5.74) is 0.566. The highest BCUT2D eigenvalue weighted by Gasteiger charge is 2.11. The van der Waals surface area contributed by atoms with E-state index in [-0.39, 0.29) is 6.42 Å². The lowest BCUT2D eigenvalue weighted by atomic mass is 10.1. The predicted octanol–water partition coefficient (Wildman–Crippen LogP) is 3.31. The number of halogens is 3. The number of carbonyl (C=O) groups is 1. The number of hydrogen-bond donors (Lipinski definition) is 0. The monoisotopic (exact) mass is 252 g/mol. The van der Waals surface area contributed by atoms with Gasteiger partial charge in [-0.15, -0.1) is 0 Å². The van der Waals surface area contributed by atoms with Crippen molar-refractivity contribution in [2.45, 2.75) is 6.42 Å². The van der Waals surface area contributed by atoms with Gasteiger partial charge in [-0.05, 0) is 23.2 Å². The van der Waals surface area contributed by atoms with E-state index < -0.39 is 5.24 Å². The second-order valence-corrected chi connectivity index (χ2v) is 3.85. The summed E-state index contributed by atoms with van der Waals surface area (Å²) in [6, 6.07) is 3.17. The smallest absolute Gasteiger partial charge is 0.226 e. The Hall–Kier alpha value is -0.440. The molecule has 0 atom stereocenters. The topological polar surface area (TPSA) is 26.3 Å². The summed E-state index contributed by atoms with van der Waals surface area (Å²) < 4.78 is 4.98. The highest BCUT2D eigenvalue weighted by atomic mass is 35.5. The van der Waals surface area contributed by atoms with Gasteiger partial charge in [0.2, 0.25) is 5.24 Å². The lowest BCUT2D eigenvalue weighted by molar-refractivity contribution is -0.111. The van der Waals surface area contributed by atoms with E-state index in [1.807, 2.05) is 0 Å². The Labute approximate surface area is 96.7 Å². The first-order valence-corrected chi connectivity index (χ1v) is 4.88. The molecular formula is C9H7Cl3O2. The second kappa shape index (κ2) is 4.87. The molecule has 0 aliphatic rings. The largest absolute Gasteiger partial charge is 0.495 e. The lowest BCUT2D eigenvalue weighted by Gasteiger charge is -2.07. The standard InChI is InChI=1S/C9H7Cl3O2/c1-14-7-4-6(10)2-5(9(7)12)3-8(11)13/h2,4H,3H2,1H3. The van der Waals surface area contributed by atoms with Gasteiger partial charge in [-0.2, -0.15) is 0 Å². The highest BCUT2D eigenvalue weighted by molar-refractivity contribution is 6.63. The second-order valence-electron chi connectivity index (χ2n) is 2.61. The summed E-state index contributed by atoms with van der Waals surface area (Å²) in [6.45, 7) is 0. The lowest BCUT2D eigenvalue weighted by Crippen LogP contribution is -1.96. The molecule has 0 radical (unpaired) electrons. The molecule has 1 aromatic rings. The maximum Gasteiger partial charge on any atom is 0.226 e. The number of hydrogen-bond acceptors (Lipinski definition) is 2. The van der Waals surface area contributed by atoms with Gasteiger partial charge in [0.25, 0.3) is 0 Å². The molecule has 1 aromatic carbocycles. The molecule has 1 rings (SSSR count). The average Bonchev–Trinajstić information content (AvgIpc) is 2.09. The summed E-state index contributed by atoms with van der Waals surface area (Å²) in [7, 11) is 1.48. The highest BCUT2D eigenvalue weighted by Crippen LogP contribution is 2.32. The van der Waals surface area contributed by atoms with E-state index in [1.54, 1.807) is 12.1 Å². The van der Waals surface area contributed by atoms with Crippen molar-refractivity contribution < 1.29 is 9.53 Å². The molecule has 76 valence electrons. The molecule has 0 saturated carbocycles. The van der Waals surface area contributed by atoms with E-state index in [2.05, 4.69) is 0 Å². The fourth-order valence-corrected chi connectivity index (χ4v) is 1.67. The third-order valence-corrected chi connectivity index (χ3v) is 2.41. The Morgan fingerprint density at radius 3 is 2.57 bits per heavy atom. The Balaban J connectivity index is 3.15. The predicted molar refractivity (Wildman–Crippen MR) is 57.6 cm³/mol. The first-order chi connectivity index (χ1) is 6.54. The molecule has 0 amide bonds. The van der Waals surface area contributed by atoms with Crippen LogP contribution in [0.3, 0.4) is 0 Å². The number of methoxy groups -OCH3 is 1. The summed E-state index contributed by atoms with van der Waals surface area (Å²) in [5.74, 6) is 0.437. The third-order valence-electron chi connectivity index (χ3n) is 1.63. The van der Waals surface area contributed by atoms with Crippen LogP contribution in [0.4, 0.5) is 0 Å². The van der Waals surface area contributed by atoms with Gasteiger partial charge >= 0.3 is 0 Å². The number of benzene rings is 1. The Morgan fingerprint density at radius 2 is 2.07 bits per heavy atom. The van der Waals surface area contributed by atoms with E-state index >= 15 is 0 Å². The van der Waals surface area contributed by atoms with Crippen molar-refractivity contribution in [3.63, 3.8) is 0 Å². The Bertz CT molecular complexity index is 363. The van der Waals surface area contributed by atoms with Crippen LogP contribution in [-0.2, 0) is 11.2 Å². The quantitative estimate of drug-likeness (QED) is 0.773. The molecule has 0 aliphatic heterocycles. The maximum absolute atomic E-state index is 10.7. The van der Waals surface area contributed by atoms with E-state index in [0.29, 0.717) is 21.4 Å². The van der Waals surface area contributed by atoms with Gasteiger partial charge in [0, 0.05) is 17.5 Å². The van der Waals surface area contributed by atoms with Crippen LogP contribution in [0.1, 0.15) is 5.56 Å². The molecule has 0 saturated heterocycles. The van der Waals surface area contributed by atoms with Gasteiger partial charge in [0.15, 0.2) is 0 Å². The van der Waals surface area contributed by atoms with Crippen LogP contribution in [0.15, 0.2) is 12.1 Å². The van der Waals surface area contributed by atoms with Gasteiger partial charge < -0.3 is 4.74 Å². The van der Waals surface area contributed by atoms with Crippen molar-refractivity contribution in [1.29, 1.82) is 0 Å². The van der Waals surface area contributed by atoms with Crippen molar-refractivity contribution in [3.05, 3.63) is 27.7 Å². The molecule has 0 bridgehead atoms. The van der Waals surface area contributed by atoms with Crippen LogP contribution in [0.25, 0.3) is 0 Å². The van der Waals surface area contributed by atoms with Crippen LogP contribution in [0.2, 0.25) is 10.0 Å². The zero-order valence-electron chi connectivity index (χ0n) is 7.31. The first kappa shape index (κ1) is 11.6. The van der Waals surface area contributed by atoms with Crippen molar-refractivity contribution in [1.82, 2.24) is 0 Å². The van der Waals surface area contributed by atoms with Gasteiger partial charge in [-0.25, -0.2) is 0 Å². The SMILES string of the molecule is COc1cc(Cl)cc(CC(=O)Cl)c1Cl. The van der Waals surface area contributed by atoms with E-state index in [4.69, 9.17) is 39.5 Å². The maximum atomic E-state index is 10.7. The van der Waals surface area contributed by atoms with Gasteiger partial charge in [-0.1, -0.05) is 23.2 Å². The van der Waals surface area contributed by atoms with E-state index in [9.17, 15) is 4.79 Å². The molecule has 0 spiro atoms. The first-order valence-electron chi connectivity index (χ1n) is 3.75. The number of carbonyl (C=O) groups excluding carboxylic acids is 1. The molecule has 2 nitrogen and oxygen atoms in total. The van der Waals surface area contributed by atoms with Crippen LogP contribution >= 0.6 is 34.8 Å². The van der Waals surface area contributed by atoms with Crippen molar-refractivity contribution >= 4 is 40.0 Å². The number of rotatable bonds is 3. The molecule has 0 unspecified atom stereocenters. The fourth-order valence-electron chi connectivity index (χ4n) is 1.05. The molecule has 0 aliphatic carbocycles. The molecule has 5 heteroatoms. The summed E-state index contributed by atoms with van der Waals surface area (Å²) in [5, 5.41) is 0.335. The summed E-state index contributed by atoms with van der Waals surface area (Å²) in [6.07, 6.45) is 0.0390. The normalized spacial score (nSPS) is 10.0. The molecule has 14 heavy (non-hydrogen) atoms. The van der Waals surface area contributed by atoms with E-state index in [0.717, 1.165) is 0 Å². The molecule has 0 fully saturated rings. The van der Waals surface area contributed by atoms with E-state index in [1.165, 1.54) is 7.11 Å². The van der Waals surface area contributed by atoms with Gasteiger partial charge in [-0.3, -0.25) is 4.79 Å². The Kier molecular flexibility index (Phi) is 4.05. The fraction of sp³-hybridized carbons (Fsp3) is 0.222. The molecule has 0 N–H and O–H groups in total. The zero-order valence-corrected chi connectivity index (χ0v) is 9.58. The minimum absolute atomic E-state index is 0.0390. The van der Waals surface area contributed by atoms with Crippen molar-refractivity contribution in [2.75, 3.05) is 7.11 Å². The van der Waals surface area contributed by atoms with Gasteiger partial charge in [0.1, 0.15) is 5.75 Å². The van der Waals surface area contributed by atoms with Crippen LogP contribution in [-0.4, -0.2) is 12.4 Å². The van der Waals surface area contributed by atoms with Crippen molar-refractivity contribution in [3.8, 4) is 5.75 Å². The van der Waals surface area contributed by atoms with Crippen molar-refractivity contribution in [2.24, 2.45) is 0 Å². The van der Waals surface area contributed by atoms with Crippen LogP contribution < -0.4 is 4.74 Å². The minimum atomic E-state index is -0.490. The summed E-state index contributed by atoms with van der Waals surface area (Å²) in [4.78, 5) is 10.7. The summed E-state index contributed by atoms with van der Waals surface area (Å²) >= 11 is 17.0.